The smallest absolute Gasteiger partial charge is 0.237 e. The fraction of sp³-hybridized carbons (Fsp3) is 0.778. The Labute approximate surface area is 84.4 Å². The van der Waals surface area contributed by atoms with E-state index in [4.69, 9.17) is 5.73 Å². The third kappa shape index (κ3) is 4.81. The van der Waals surface area contributed by atoms with E-state index in [1.807, 2.05) is 13.8 Å². The molecule has 14 heavy (non-hydrogen) atoms. The third-order valence-electron chi connectivity index (χ3n) is 1.95. The Morgan fingerprint density at radius 1 is 1.36 bits per heavy atom. The van der Waals surface area contributed by atoms with E-state index in [0.29, 0.717) is 6.54 Å². The molecule has 5 nitrogen and oxygen atoms in total. The van der Waals surface area contributed by atoms with Crippen molar-refractivity contribution in [3.05, 3.63) is 0 Å². The van der Waals surface area contributed by atoms with Gasteiger partial charge < -0.3 is 16.4 Å². The van der Waals surface area contributed by atoms with E-state index in [1.165, 1.54) is 0 Å². The normalized spacial score (nSPS) is 12.4. The Morgan fingerprint density at radius 2 is 1.93 bits per heavy atom. The number of carbonyl (C=O) groups is 2. The van der Waals surface area contributed by atoms with Crippen LogP contribution in [-0.4, -0.2) is 31.4 Å². The number of hydrogen-bond donors (Lipinski definition) is 3. The molecular weight excluding hydrogens is 182 g/mol. The molecule has 0 aromatic carbocycles. The molecule has 0 radical (unpaired) electrons. The van der Waals surface area contributed by atoms with Gasteiger partial charge in [0, 0.05) is 20.0 Å². The number of hydrogen-bond acceptors (Lipinski definition) is 3. The molecule has 0 saturated carbocycles. The zero-order chi connectivity index (χ0) is 11.1. The summed E-state index contributed by atoms with van der Waals surface area (Å²) in [4.78, 5) is 22.1. The monoisotopic (exact) mass is 201 g/mol. The molecule has 0 saturated heterocycles. The third-order valence-corrected chi connectivity index (χ3v) is 1.95. The van der Waals surface area contributed by atoms with Crippen LogP contribution in [0, 0.1) is 5.92 Å². The van der Waals surface area contributed by atoms with Gasteiger partial charge in [-0.25, -0.2) is 0 Å². The average molecular weight is 201 g/mol. The van der Waals surface area contributed by atoms with Crippen LogP contribution in [0.25, 0.3) is 0 Å². The highest BCUT2D eigenvalue weighted by molar-refractivity contribution is 5.82. The Balaban J connectivity index is 3.69. The molecule has 0 unspecified atom stereocenters. The minimum Gasteiger partial charge on any atom is -0.359 e. The van der Waals surface area contributed by atoms with Crippen molar-refractivity contribution in [3.8, 4) is 0 Å². The van der Waals surface area contributed by atoms with Gasteiger partial charge in [-0.3, -0.25) is 9.59 Å². The number of nitrogens with one attached hydrogen (secondary N) is 2. The van der Waals surface area contributed by atoms with Crippen molar-refractivity contribution < 1.29 is 9.59 Å². The Hall–Kier alpha value is -1.10. The zero-order valence-corrected chi connectivity index (χ0v) is 8.96. The number of amides is 2. The first-order valence-corrected chi connectivity index (χ1v) is 4.73. The fourth-order valence-corrected chi connectivity index (χ4v) is 0.845. The van der Waals surface area contributed by atoms with Crippen LogP contribution in [0.4, 0.5) is 0 Å². The van der Waals surface area contributed by atoms with Crippen LogP contribution in [0.3, 0.4) is 0 Å². The van der Waals surface area contributed by atoms with Crippen LogP contribution in [0.1, 0.15) is 20.3 Å². The van der Waals surface area contributed by atoms with Gasteiger partial charge in [-0.05, 0) is 5.92 Å². The second-order valence-electron chi connectivity index (χ2n) is 3.48. The molecule has 0 aliphatic carbocycles. The first-order valence-electron chi connectivity index (χ1n) is 4.73. The maximum atomic E-state index is 11.3. The van der Waals surface area contributed by atoms with E-state index in [2.05, 4.69) is 10.6 Å². The van der Waals surface area contributed by atoms with Crippen molar-refractivity contribution >= 4 is 11.8 Å². The summed E-state index contributed by atoms with van der Waals surface area (Å²) in [6, 6.07) is -0.500. The number of carbonyl (C=O) groups excluding carboxylic acids is 2. The standard InChI is InChI=1S/C9H19N3O2/c1-6(2)8(10)9(14)12-5-4-7(13)11-3/h6,8H,4-5,10H2,1-3H3,(H,11,13)(H,12,14)/t8-/m0/s1. The first kappa shape index (κ1) is 12.9. The van der Waals surface area contributed by atoms with Crippen LogP contribution < -0.4 is 16.4 Å². The minimum absolute atomic E-state index is 0.0941. The summed E-state index contributed by atoms with van der Waals surface area (Å²) >= 11 is 0. The predicted octanol–water partition coefficient (Wildman–Crippen LogP) is -0.778. The van der Waals surface area contributed by atoms with Crippen molar-refractivity contribution in [2.45, 2.75) is 26.3 Å². The Kier molecular flexibility index (Phi) is 5.87. The minimum atomic E-state index is -0.500. The molecule has 0 fully saturated rings. The fourth-order valence-electron chi connectivity index (χ4n) is 0.845. The quantitative estimate of drug-likeness (QED) is 0.545. The van der Waals surface area contributed by atoms with E-state index >= 15 is 0 Å². The number of nitrogens with two attached hydrogens (primary N) is 1. The lowest BCUT2D eigenvalue weighted by Gasteiger charge is -2.14. The topological polar surface area (TPSA) is 84.2 Å². The summed E-state index contributed by atoms with van der Waals surface area (Å²) in [6.45, 7) is 4.09. The number of rotatable bonds is 5. The van der Waals surface area contributed by atoms with Gasteiger partial charge in [0.15, 0.2) is 0 Å². The van der Waals surface area contributed by atoms with Crippen LogP contribution in [0.15, 0.2) is 0 Å². The summed E-state index contributed by atoms with van der Waals surface area (Å²) < 4.78 is 0. The molecule has 5 heteroatoms. The van der Waals surface area contributed by atoms with Crippen LogP contribution in [0.2, 0.25) is 0 Å². The summed E-state index contributed by atoms with van der Waals surface area (Å²) in [5.74, 6) is -0.192. The van der Waals surface area contributed by atoms with Crippen molar-refractivity contribution in [3.63, 3.8) is 0 Å². The van der Waals surface area contributed by atoms with Crippen molar-refractivity contribution in [2.75, 3.05) is 13.6 Å². The largest absolute Gasteiger partial charge is 0.359 e. The predicted molar refractivity (Wildman–Crippen MR) is 54.5 cm³/mol. The van der Waals surface area contributed by atoms with E-state index in [0.717, 1.165) is 0 Å². The van der Waals surface area contributed by atoms with Gasteiger partial charge in [0.05, 0.1) is 6.04 Å². The maximum Gasteiger partial charge on any atom is 0.237 e. The Bertz CT molecular complexity index is 204. The first-order chi connectivity index (χ1) is 6.49. The summed E-state index contributed by atoms with van der Waals surface area (Å²) in [5, 5.41) is 5.07. The molecule has 0 aromatic rings. The summed E-state index contributed by atoms with van der Waals surface area (Å²) in [5.41, 5.74) is 5.60. The molecular formula is C9H19N3O2. The molecule has 0 spiro atoms. The van der Waals surface area contributed by atoms with Crippen LogP contribution in [0.5, 0.6) is 0 Å². The second-order valence-corrected chi connectivity index (χ2v) is 3.48. The van der Waals surface area contributed by atoms with E-state index in [-0.39, 0.29) is 24.2 Å². The van der Waals surface area contributed by atoms with Crippen LogP contribution >= 0.6 is 0 Å². The molecule has 0 heterocycles. The van der Waals surface area contributed by atoms with Gasteiger partial charge in [0.25, 0.3) is 0 Å². The van der Waals surface area contributed by atoms with Crippen molar-refractivity contribution in [1.29, 1.82) is 0 Å². The SMILES string of the molecule is CNC(=O)CCNC(=O)[C@@H](N)C(C)C. The lowest BCUT2D eigenvalue weighted by Crippen LogP contribution is -2.44. The highest BCUT2D eigenvalue weighted by Gasteiger charge is 2.16. The molecule has 82 valence electrons. The Morgan fingerprint density at radius 3 is 2.36 bits per heavy atom. The average Bonchev–Trinajstić information content (AvgIpc) is 2.15. The summed E-state index contributed by atoms with van der Waals surface area (Å²) in [7, 11) is 1.56. The lowest BCUT2D eigenvalue weighted by atomic mass is 10.1. The van der Waals surface area contributed by atoms with Gasteiger partial charge in [0.1, 0.15) is 0 Å². The van der Waals surface area contributed by atoms with E-state index in [9.17, 15) is 9.59 Å². The molecule has 0 aliphatic heterocycles. The molecule has 0 aromatic heterocycles. The highest BCUT2D eigenvalue weighted by Crippen LogP contribution is 1.97. The lowest BCUT2D eigenvalue weighted by molar-refractivity contribution is -0.123. The molecule has 1 atom stereocenters. The van der Waals surface area contributed by atoms with Crippen LogP contribution in [-0.2, 0) is 9.59 Å². The zero-order valence-electron chi connectivity index (χ0n) is 8.96. The van der Waals surface area contributed by atoms with Gasteiger partial charge in [-0.2, -0.15) is 0 Å². The molecule has 0 rings (SSSR count). The van der Waals surface area contributed by atoms with Crippen molar-refractivity contribution in [2.24, 2.45) is 11.7 Å². The van der Waals surface area contributed by atoms with Gasteiger partial charge in [-0.1, -0.05) is 13.8 Å². The molecule has 0 bridgehead atoms. The van der Waals surface area contributed by atoms with Gasteiger partial charge >= 0.3 is 0 Å². The maximum absolute atomic E-state index is 11.3. The van der Waals surface area contributed by atoms with E-state index in [1.54, 1.807) is 7.05 Å². The molecule has 4 N–H and O–H groups in total. The van der Waals surface area contributed by atoms with Gasteiger partial charge in [0.2, 0.25) is 11.8 Å². The highest BCUT2D eigenvalue weighted by atomic mass is 16.2. The summed E-state index contributed by atoms with van der Waals surface area (Å²) in [6.07, 6.45) is 0.285. The van der Waals surface area contributed by atoms with Gasteiger partial charge in [-0.15, -0.1) is 0 Å². The second kappa shape index (κ2) is 6.37. The van der Waals surface area contributed by atoms with Crippen molar-refractivity contribution in [1.82, 2.24) is 10.6 Å². The molecule has 2 amide bonds. The van der Waals surface area contributed by atoms with E-state index < -0.39 is 6.04 Å². The molecule has 0 aliphatic rings.